The zero-order chi connectivity index (χ0) is 12.1. The van der Waals surface area contributed by atoms with E-state index in [0.29, 0.717) is 12.2 Å². The van der Waals surface area contributed by atoms with Gasteiger partial charge in [0.25, 0.3) is 0 Å². The van der Waals surface area contributed by atoms with Crippen molar-refractivity contribution in [1.82, 2.24) is 0 Å². The molecule has 0 bridgehead atoms. The first-order valence-corrected chi connectivity index (χ1v) is 5.80. The van der Waals surface area contributed by atoms with Crippen molar-refractivity contribution in [3.8, 4) is 5.75 Å². The van der Waals surface area contributed by atoms with E-state index in [1.807, 2.05) is 6.92 Å². The number of Topliss-reactive ketones (excluding diaryl/α,β-unsaturated/α-hetero) is 1. The minimum atomic E-state index is -0.0138. The quantitative estimate of drug-likeness (QED) is 0.781. The van der Waals surface area contributed by atoms with E-state index in [0.717, 1.165) is 10.2 Å². The molecule has 0 aliphatic carbocycles. The van der Waals surface area contributed by atoms with Crippen LogP contribution in [0.2, 0.25) is 0 Å². The van der Waals surface area contributed by atoms with E-state index < -0.39 is 0 Å². The maximum absolute atomic E-state index is 11.2. The van der Waals surface area contributed by atoms with E-state index in [9.17, 15) is 4.79 Å². The lowest BCUT2D eigenvalue weighted by Crippen LogP contribution is -2.17. The van der Waals surface area contributed by atoms with Crippen molar-refractivity contribution in [1.29, 1.82) is 0 Å². The molecule has 1 unspecified atom stereocenters. The predicted molar refractivity (Wildman–Crippen MR) is 66.1 cm³/mol. The molecule has 0 radical (unpaired) electrons. The summed E-state index contributed by atoms with van der Waals surface area (Å²) in [6.45, 7) is 4.00. The molecule has 0 amide bonds. The molecule has 1 aromatic carbocycles. The highest BCUT2D eigenvalue weighted by atomic mass is 79.9. The Morgan fingerprint density at radius 1 is 1.50 bits per heavy atom. The van der Waals surface area contributed by atoms with E-state index in [1.165, 1.54) is 6.92 Å². The topological polar surface area (TPSA) is 35.5 Å². The highest BCUT2D eigenvalue weighted by Crippen LogP contribution is 2.24. The number of ketones is 1. The monoisotopic (exact) mass is 286 g/mol. The van der Waals surface area contributed by atoms with Crippen LogP contribution in [0.4, 0.5) is 0 Å². The van der Waals surface area contributed by atoms with Gasteiger partial charge in [-0.3, -0.25) is 4.79 Å². The summed E-state index contributed by atoms with van der Waals surface area (Å²) in [7, 11) is 1.63. The Morgan fingerprint density at radius 2 is 2.19 bits per heavy atom. The minimum Gasteiger partial charge on any atom is -0.488 e. The van der Waals surface area contributed by atoms with Crippen LogP contribution in [0, 0.1) is 0 Å². The Bertz CT molecular complexity index is 377. The Morgan fingerprint density at radius 3 is 2.69 bits per heavy atom. The lowest BCUT2D eigenvalue weighted by molar-refractivity contribution is 0.0920. The van der Waals surface area contributed by atoms with Crippen LogP contribution < -0.4 is 4.74 Å². The van der Waals surface area contributed by atoms with Gasteiger partial charge in [0.1, 0.15) is 11.9 Å². The molecule has 0 heterocycles. The third-order valence-corrected chi connectivity index (χ3v) is 2.71. The molecule has 1 atom stereocenters. The maximum Gasteiger partial charge on any atom is 0.160 e. The van der Waals surface area contributed by atoms with E-state index in [2.05, 4.69) is 15.9 Å². The van der Waals surface area contributed by atoms with Gasteiger partial charge in [-0.25, -0.2) is 0 Å². The molecule has 1 aromatic rings. The fraction of sp³-hybridized carbons (Fsp3) is 0.417. The molecule has 0 aliphatic rings. The molecule has 88 valence electrons. The number of hydrogen-bond donors (Lipinski definition) is 0. The Hall–Kier alpha value is -0.870. The summed E-state index contributed by atoms with van der Waals surface area (Å²) in [5, 5.41) is 0. The molecule has 0 saturated heterocycles. The SMILES string of the molecule is COCC(C)Oc1ccc(C(C)=O)c(Br)c1. The van der Waals surface area contributed by atoms with Crippen LogP contribution in [0.5, 0.6) is 5.75 Å². The zero-order valence-corrected chi connectivity index (χ0v) is 11.2. The van der Waals surface area contributed by atoms with Crippen molar-refractivity contribution in [2.75, 3.05) is 13.7 Å². The summed E-state index contributed by atoms with van der Waals surface area (Å²) in [4.78, 5) is 11.2. The Kier molecular flexibility index (Phi) is 4.96. The number of halogens is 1. The molecule has 0 aliphatic heterocycles. The van der Waals surface area contributed by atoms with Gasteiger partial charge in [-0.2, -0.15) is 0 Å². The third-order valence-electron chi connectivity index (χ3n) is 2.06. The highest BCUT2D eigenvalue weighted by molar-refractivity contribution is 9.10. The van der Waals surface area contributed by atoms with Gasteiger partial charge in [0.2, 0.25) is 0 Å². The molecule has 0 aromatic heterocycles. The van der Waals surface area contributed by atoms with E-state index in [-0.39, 0.29) is 11.9 Å². The Labute approximate surface area is 104 Å². The van der Waals surface area contributed by atoms with Crippen LogP contribution >= 0.6 is 15.9 Å². The molecule has 0 spiro atoms. The maximum atomic E-state index is 11.2. The molecular weight excluding hydrogens is 272 g/mol. The van der Waals surface area contributed by atoms with Crippen LogP contribution in [0.3, 0.4) is 0 Å². The van der Waals surface area contributed by atoms with Gasteiger partial charge in [0.05, 0.1) is 6.61 Å². The smallest absolute Gasteiger partial charge is 0.160 e. The van der Waals surface area contributed by atoms with Gasteiger partial charge >= 0.3 is 0 Å². The number of carbonyl (C=O) groups is 1. The van der Waals surface area contributed by atoms with Gasteiger partial charge in [-0.15, -0.1) is 0 Å². The Balaban J connectivity index is 2.77. The number of benzene rings is 1. The van der Waals surface area contributed by atoms with E-state index >= 15 is 0 Å². The summed E-state index contributed by atoms with van der Waals surface area (Å²) in [6.07, 6.45) is -0.0138. The predicted octanol–water partition coefficient (Wildman–Crippen LogP) is 3.07. The summed E-state index contributed by atoms with van der Waals surface area (Å²) in [6, 6.07) is 5.33. The average molecular weight is 287 g/mol. The van der Waals surface area contributed by atoms with Gasteiger partial charge in [-0.05, 0) is 48.0 Å². The first kappa shape index (κ1) is 13.2. The van der Waals surface area contributed by atoms with Crippen LogP contribution in [-0.2, 0) is 4.74 Å². The van der Waals surface area contributed by atoms with Crippen LogP contribution in [0.25, 0.3) is 0 Å². The molecular formula is C12H15BrO3. The van der Waals surface area contributed by atoms with Gasteiger partial charge in [-0.1, -0.05) is 0 Å². The van der Waals surface area contributed by atoms with Gasteiger partial charge in [0.15, 0.2) is 5.78 Å². The van der Waals surface area contributed by atoms with Gasteiger partial charge < -0.3 is 9.47 Å². The second-order valence-corrected chi connectivity index (χ2v) is 4.44. The number of rotatable bonds is 5. The fourth-order valence-corrected chi connectivity index (χ4v) is 1.99. The summed E-state index contributed by atoms with van der Waals surface area (Å²) < 4.78 is 11.3. The second kappa shape index (κ2) is 6.01. The number of ether oxygens (including phenoxy) is 2. The van der Waals surface area contributed by atoms with Crippen molar-refractivity contribution in [3.05, 3.63) is 28.2 Å². The largest absolute Gasteiger partial charge is 0.488 e. The van der Waals surface area contributed by atoms with Crippen LogP contribution in [-0.4, -0.2) is 25.6 Å². The second-order valence-electron chi connectivity index (χ2n) is 3.58. The third kappa shape index (κ3) is 3.61. The molecule has 0 fully saturated rings. The number of methoxy groups -OCH3 is 1. The van der Waals surface area contributed by atoms with Crippen molar-refractivity contribution in [3.63, 3.8) is 0 Å². The highest BCUT2D eigenvalue weighted by Gasteiger charge is 2.08. The molecule has 3 nitrogen and oxygen atoms in total. The normalized spacial score (nSPS) is 12.2. The molecule has 4 heteroatoms. The minimum absolute atomic E-state index is 0.0138. The van der Waals surface area contributed by atoms with Crippen molar-refractivity contribution < 1.29 is 14.3 Å². The number of hydrogen-bond acceptors (Lipinski definition) is 3. The van der Waals surface area contributed by atoms with E-state index in [4.69, 9.17) is 9.47 Å². The van der Waals surface area contributed by atoms with Crippen molar-refractivity contribution in [2.24, 2.45) is 0 Å². The summed E-state index contributed by atoms with van der Waals surface area (Å²) in [5.41, 5.74) is 0.659. The fourth-order valence-electron chi connectivity index (χ4n) is 1.36. The van der Waals surface area contributed by atoms with E-state index in [1.54, 1.807) is 25.3 Å². The summed E-state index contributed by atoms with van der Waals surface area (Å²) in [5.74, 6) is 0.754. The zero-order valence-electron chi connectivity index (χ0n) is 9.62. The summed E-state index contributed by atoms with van der Waals surface area (Å²) >= 11 is 3.34. The van der Waals surface area contributed by atoms with Crippen LogP contribution in [0.1, 0.15) is 24.2 Å². The molecule has 0 saturated carbocycles. The van der Waals surface area contributed by atoms with Crippen molar-refractivity contribution >= 4 is 21.7 Å². The first-order valence-electron chi connectivity index (χ1n) is 5.00. The molecule has 0 N–H and O–H groups in total. The lowest BCUT2D eigenvalue weighted by atomic mass is 10.1. The van der Waals surface area contributed by atoms with Gasteiger partial charge in [0, 0.05) is 17.1 Å². The standard InChI is InChI=1S/C12H15BrO3/c1-8(7-15-3)16-10-4-5-11(9(2)14)12(13)6-10/h4-6,8H,7H2,1-3H3. The van der Waals surface area contributed by atoms with Crippen LogP contribution in [0.15, 0.2) is 22.7 Å². The average Bonchev–Trinajstić information content (AvgIpc) is 2.17. The molecule has 1 rings (SSSR count). The first-order chi connectivity index (χ1) is 7.54. The molecule has 16 heavy (non-hydrogen) atoms. The lowest BCUT2D eigenvalue weighted by Gasteiger charge is -2.14. The van der Waals surface area contributed by atoms with Crippen molar-refractivity contribution in [2.45, 2.75) is 20.0 Å². The number of carbonyl (C=O) groups excluding carboxylic acids is 1.